The van der Waals surface area contributed by atoms with Crippen molar-refractivity contribution < 1.29 is 71.0 Å². The van der Waals surface area contributed by atoms with Gasteiger partial charge in [0.15, 0.2) is 35.3 Å². The lowest BCUT2D eigenvalue weighted by molar-refractivity contribution is 0.103. The number of carbonyl (C=O) groups excluding carboxylic acids is 2. The molecule has 10 rings (SSSR count). The zero-order chi connectivity index (χ0) is 69.1. The fraction of sp³-hybridized carbons (Fsp3) is 0.230. The fourth-order valence-corrected chi connectivity index (χ4v) is 14.2. The average Bonchev–Trinajstić information content (AvgIpc) is 1.58. The zero-order valence-corrected chi connectivity index (χ0v) is 58.3. The monoisotopic (exact) mass is 1570 g/mol. The minimum absolute atomic E-state index is 0.0254. The summed E-state index contributed by atoms with van der Waals surface area (Å²) >= 11 is 9.95. The van der Waals surface area contributed by atoms with Gasteiger partial charge >= 0.3 is 0 Å². The number of H-pyrrole nitrogens is 3. The number of benzene rings is 4. The van der Waals surface area contributed by atoms with Crippen molar-refractivity contribution in [1.29, 1.82) is 0 Å². The van der Waals surface area contributed by atoms with Crippen LogP contribution in [0.5, 0.6) is 0 Å². The summed E-state index contributed by atoms with van der Waals surface area (Å²) < 4.78 is 161. The SMILES string of the molecule is Brc1cnc2[nH]ccc2c1.CCCS(=O)(=O)Nc1cccc(C(=O)c2c[nH]c3ncc(Br)cc23)c1F.CCCS(=O)(=O)Nc1cccc(C(O)c2c[nH]c3ncc(Br)cc23)c1F.CCCS(=O)(=O)Nc1cccc(C=O)c1F.CCCS(=O)(=O)Nc1cccc(CO)c1F. The number of ketones is 1. The predicted octanol–water partition coefficient (Wildman–Crippen LogP) is 13.1. The van der Waals surface area contributed by atoms with Crippen molar-refractivity contribution in [3.05, 3.63) is 204 Å². The Morgan fingerprint density at radius 1 is 0.521 bits per heavy atom. The Bertz CT molecular complexity index is 4780. The molecule has 0 aliphatic carbocycles. The van der Waals surface area contributed by atoms with Crippen LogP contribution in [0, 0.1) is 23.3 Å². The standard InChI is InChI=1S/C17H17BrFN3O3S.C17H15BrFN3O3S.C10H14FNO3S.C10H12FNO3S.C7H5BrN2/c2*1-2-6-26(24,25)22-14-5-3-4-11(15(14)19)16(23)13-9-21-17-12(13)7-10(18)8-20-17;2*1-2-6-16(14,15)12-9-5-3-4-8(7-13)10(9)11;8-6-3-5-1-2-9-7(5)10-4-6/h3-5,7-9,16,22-23H,2,6H2,1H3,(H,20,21);3-5,7-9,22H,2,6H2,1H3,(H,20,21);3-5,12-13H,2,6-7H2,1H3;3-5,7,12H,2,6H2,1H3;1-4H,(H,9,10). The van der Waals surface area contributed by atoms with Crippen LogP contribution in [0.15, 0.2) is 148 Å². The van der Waals surface area contributed by atoms with E-state index in [1.807, 2.05) is 18.3 Å². The maximum Gasteiger partial charge on any atom is 0.232 e. The number of nitrogens with zero attached hydrogens (tertiary/aromatic N) is 3. The first-order valence-corrected chi connectivity index (χ1v) is 37.3. The highest BCUT2D eigenvalue weighted by atomic mass is 79.9. The van der Waals surface area contributed by atoms with E-state index < -0.39 is 81.9 Å². The molecule has 33 heteroatoms. The molecule has 0 bridgehead atoms. The van der Waals surface area contributed by atoms with Crippen molar-refractivity contribution in [3.8, 4) is 0 Å². The topological polar surface area (TPSA) is 345 Å². The van der Waals surface area contributed by atoms with Crippen LogP contribution < -0.4 is 18.9 Å². The van der Waals surface area contributed by atoms with Gasteiger partial charge in [-0.25, -0.2) is 66.2 Å². The van der Waals surface area contributed by atoms with Crippen LogP contribution in [0.2, 0.25) is 0 Å². The molecule has 6 heterocycles. The van der Waals surface area contributed by atoms with Crippen LogP contribution in [-0.4, -0.2) is 109 Å². The van der Waals surface area contributed by atoms with Gasteiger partial charge in [0, 0.05) is 89.0 Å². The average molecular weight is 1570 g/mol. The van der Waals surface area contributed by atoms with Gasteiger partial charge in [-0.3, -0.25) is 28.5 Å². The quantitative estimate of drug-likeness (QED) is 0.0173. The maximum absolute atomic E-state index is 14.8. The van der Waals surface area contributed by atoms with E-state index in [0.29, 0.717) is 64.1 Å². The molecule has 0 fully saturated rings. The summed E-state index contributed by atoms with van der Waals surface area (Å²) in [6.45, 7) is 6.39. The molecule has 4 aromatic carbocycles. The van der Waals surface area contributed by atoms with E-state index in [0.717, 1.165) is 20.0 Å². The zero-order valence-electron chi connectivity index (χ0n) is 50.3. The van der Waals surface area contributed by atoms with E-state index in [9.17, 15) is 65.9 Å². The third-order valence-electron chi connectivity index (χ3n) is 12.9. The van der Waals surface area contributed by atoms with E-state index in [4.69, 9.17) is 5.11 Å². The second-order valence-electron chi connectivity index (χ2n) is 20.2. The molecule has 9 N–H and O–H groups in total. The van der Waals surface area contributed by atoms with Crippen molar-refractivity contribution in [2.24, 2.45) is 0 Å². The molecule has 94 heavy (non-hydrogen) atoms. The first kappa shape index (κ1) is 75.4. The van der Waals surface area contributed by atoms with Crippen molar-refractivity contribution in [1.82, 2.24) is 29.9 Å². The molecule has 0 aliphatic rings. The molecular weight excluding hydrogens is 1510 g/mol. The van der Waals surface area contributed by atoms with Gasteiger partial charge in [0.05, 0.1) is 63.5 Å². The Morgan fingerprint density at radius 2 is 0.957 bits per heavy atom. The van der Waals surface area contributed by atoms with Gasteiger partial charge < -0.3 is 25.2 Å². The summed E-state index contributed by atoms with van der Waals surface area (Å²) in [5, 5.41) is 21.8. The predicted molar refractivity (Wildman–Crippen MR) is 367 cm³/mol. The number of carbonyl (C=O) groups is 2. The van der Waals surface area contributed by atoms with Gasteiger partial charge in [-0.15, -0.1) is 0 Å². The molecule has 1 unspecified atom stereocenters. The number of aliphatic hydroxyl groups is 2. The van der Waals surface area contributed by atoms with Gasteiger partial charge in [-0.05, 0) is 134 Å². The van der Waals surface area contributed by atoms with Crippen LogP contribution in [0.4, 0.5) is 40.3 Å². The normalized spacial score (nSPS) is 11.8. The first-order valence-electron chi connectivity index (χ1n) is 28.3. The number of anilines is 4. The Balaban J connectivity index is 0.000000193. The molecule has 0 aliphatic heterocycles. The lowest BCUT2D eigenvalue weighted by Gasteiger charge is -2.15. The van der Waals surface area contributed by atoms with Gasteiger partial charge in [-0.2, -0.15) is 0 Å². The summed E-state index contributed by atoms with van der Waals surface area (Å²) in [7, 11) is -14.3. The summed E-state index contributed by atoms with van der Waals surface area (Å²) in [6, 6.07) is 23.9. The lowest BCUT2D eigenvalue weighted by atomic mass is 10.0. The molecule has 6 aromatic heterocycles. The van der Waals surface area contributed by atoms with E-state index in [2.05, 4.69) is 96.6 Å². The van der Waals surface area contributed by atoms with E-state index in [1.165, 1.54) is 79.0 Å². The molecule has 502 valence electrons. The molecule has 22 nitrogen and oxygen atoms in total. The Kier molecular flexibility index (Phi) is 27.4. The smallest absolute Gasteiger partial charge is 0.232 e. The summed E-state index contributed by atoms with van der Waals surface area (Å²) in [6.07, 6.45) is 10.6. The number of hydrogen-bond donors (Lipinski definition) is 9. The summed E-state index contributed by atoms with van der Waals surface area (Å²) in [4.78, 5) is 44.6. The number of rotatable bonds is 22. The highest BCUT2D eigenvalue weighted by Crippen LogP contribution is 2.34. The lowest BCUT2D eigenvalue weighted by Crippen LogP contribution is -2.18. The maximum atomic E-state index is 14.8. The number of hydrogen-bond acceptors (Lipinski definition) is 15. The number of nitrogens with one attached hydrogen (secondary N) is 7. The number of pyridine rings is 3. The number of aliphatic hydroxyl groups excluding tert-OH is 2. The number of fused-ring (bicyclic) bond motifs is 3. The number of aldehydes is 1. The number of halogens is 7. The Labute approximate surface area is 564 Å². The minimum Gasteiger partial charge on any atom is -0.392 e. The van der Waals surface area contributed by atoms with Gasteiger partial charge in [0.25, 0.3) is 0 Å². The van der Waals surface area contributed by atoms with E-state index in [-0.39, 0.29) is 73.6 Å². The molecule has 0 saturated carbocycles. The summed E-state index contributed by atoms with van der Waals surface area (Å²) in [5.74, 6) is -4.25. The second-order valence-corrected chi connectivity index (χ2v) is 30.3. The molecule has 0 spiro atoms. The number of aromatic amines is 3. The van der Waals surface area contributed by atoms with Crippen molar-refractivity contribution >= 4 is 156 Å². The highest BCUT2D eigenvalue weighted by molar-refractivity contribution is 9.11. The van der Waals surface area contributed by atoms with Crippen molar-refractivity contribution in [2.75, 3.05) is 41.9 Å². The molecule has 1 atom stereocenters. The number of sulfonamides is 4. The van der Waals surface area contributed by atoms with Crippen LogP contribution in [0.1, 0.15) is 102 Å². The largest absolute Gasteiger partial charge is 0.392 e. The highest BCUT2D eigenvalue weighted by Gasteiger charge is 2.25. The van der Waals surface area contributed by atoms with Crippen molar-refractivity contribution in [2.45, 2.75) is 66.1 Å². The Hall–Kier alpha value is -7.63. The van der Waals surface area contributed by atoms with Crippen LogP contribution in [-0.2, 0) is 46.7 Å². The molecule has 0 radical (unpaired) electrons. The van der Waals surface area contributed by atoms with Crippen LogP contribution in [0.25, 0.3) is 33.1 Å². The van der Waals surface area contributed by atoms with Crippen LogP contribution in [0.3, 0.4) is 0 Å². The third kappa shape index (κ3) is 20.9. The minimum atomic E-state index is -3.67. The first-order chi connectivity index (χ1) is 44.5. The van der Waals surface area contributed by atoms with E-state index in [1.54, 1.807) is 64.6 Å². The summed E-state index contributed by atoms with van der Waals surface area (Å²) in [5.41, 5.74) is 1.58. The second kappa shape index (κ2) is 34.2. The van der Waals surface area contributed by atoms with Crippen molar-refractivity contribution in [3.63, 3.8) is 0 Å². The molecule has 10 aromatic rings. The molecule has 0 amide bonds. The van der Waals surface area contributed by atoms with Gasteiger partial charge in [0.1, 0.15) is 23.0 Å². The fourth-order valence-electron chi connectivity index (χ4n) is 8.69. The molecule has 0 saturated heterocycles. The number of aromatic nitrogens is 6. The van der Waals surface area contributed by atoms with Crippen LogP contribution >= 0.6 is 47.8 Å². The van der Waals surface area contributed by atoms with Gasteiger partial charge in [0.2, 0.25) is 40.1 Å². The Morgan fingerprint density at radius 3 is 1.48 bits per heavy atom. The molecular formula is C61H63Br3F4N10O12S4. The van der Waals surface area contributed by atoms with E-state index >= 15 is 0 Å². The third-order valence-corrected chi connectivity index (χ3v) is 20.1. The van der Waals surface area contributed by atoms with Gasteiger partial charge in [-0.1, -0.05) is 64.1 Å².